The molecule has 0 amide bonds. The molecule has 0 bridgehead atoms. The zero-order chi connectivity index (χ0) is 12.6. The summed E-state index contributed by atoms with van der Waals surface area (Å²) in [6.45, 7) is 3.21. The summed E-state index contributed by atoms with van der Waals surface area (Å²) < 4.78 is 34.8. The third-order valence-corrected chi connectivity index (χ3v) is 1.75. The highest BCUT2D eigenvalue weighted by atomic mass is 19.3. The number of ether oxygens (including phenoxy) is 2. The number of halogens is 2. The van der Waals surface area contributed by atoms with Crippen molar-refractivity contribution in [1.82, 2.24) is 0 Å². The molecule has 0 saturated heterocycles. The van der Waals surface area contributed by atoms with Crippen LogP contribution >= 0.6 is 0 Å². The minimum atomic E-state index is -3.53. The first-order chi connectivity index (χ1) is 7.44. The summed E-state index contributed by atoms with van der Waals surface area (Å²) in [4.78, 5) is 21.6. The SMILES string of the molecule is CCOC(=O)CCCC(F)(F)C(=O)OCC. The highest BCUT2D eigenvalue weighted by Crippen LogP contribution is 2.23. The van der Waals surface area contributed by atoms with Crippen LogP contribution in [0.5, 0.6) is 0 Å². The van der Waals surface area contributed by atoms with Gasteiger partial charge in [0.25, 0.3) is 0 Å². The Bertz CT molecular complexity index is 241. The predicted molar refractivity (Wildman–Crippen MR) is 52.1 cm³/mol. The van der Waals surface area contributed by atoms with E-state index in [2.05, 4.69) is 9.47 Å². The summed E-state index contributed by atoms with van der Waals surface area (Å²) in [5.74, 6) is -5.61. The summed E-state index contributed by atoms with van der Waals surface area (Å²) in [6.07, 6.45) is -0.932. The fourth-order valence-electron chi connectivity index (χ4n) is 1.03. The fraction of sp³-hybridized carbons (Fsp3) is 0.800. The monoisotopic (exact) mass is 238 g/mol. The predicted octanol–water partition coefficient (Wildman–Crippen LogP) is 1.92. The van der Waals surface area contributed by atoms with Crippen molar-refractivity contribution < 1.29 is 27.8 Å². The molecule has 16 heavy (non-hydrogen) atoms. The van der Waals surface area contributed by atoms with Crippen LogP contribution in [0.25, 0.3) is 0 Å². The number of carbonyl (C=O) groups is 2. The number of hydrogen-bond acceptors (Lipinski definition) is 4. The molecule has 0 atom stereocenters. The van der Waals surface area contributed by atoms with Gasteiger partial charge in [0.05, 0.1) is 13.2 Å². The minimum absolute atomic E-state index is 0.0910. The van der Waals surface area contributed by atoms with Crippen molar-refractivity contribution >= 4 is 11.9 Å². The van der Waals surface area contributed by atoms with E-state index in [-0.39, 0.29) is 26.1 Å². The molecule has 0 heterocycles. The van der Waals surface area contributed by atoms with Gasteiger partial charge in [-0.05, 0) is 20.3 Å². The van der Waals surface area contributed by atoms with Crippen LogP contribution in [0, 0.1) is 0 Å². The van der Waals surface area contributed by atoms with Gasteiger partial charge in [0.2, 0.25) is 0 Å². The van der Waals surface area contributed by atoms with E-state index in [4.69, 9.17) is 0 Å². The molecule has 0 aliphatic rings. The molecule has 0 spiro atoms. The van der Waals surface area contributed by atoms with Crippen LogP contribution in [-0.2, 0) is 19.1 Å². The van der Waals surface area contributed by atoms with Crippen LogP contribution in [0.3, 0.4) is 0 Å². The second-order valence-electron chi connectivity index (χ2n) is 3.08. The van der Waals surface area contributed by atoms with E-state index >= 15 is 0 Å². The third-order valence-electron chi connectivity index (χ3n) is 1.75. The smallest absolute Gasteiger partial charge is 0.376 e. The quantitative estimate of drug-likeness (QED) is 0.636. The van der Waals surface area contributed by atoms with E-state index in [1.54, 1.807) is 6.92 Å². The van der Waals surface area contributed by atoms with Crippen molar-refractivity contribution in [1.29, 1.82) is 0 Å². The minimum Gasteiger partial charge on any atom is -0.466 e. The first kappa shape index (κ1) is 14.8. The van der Waals surface area contributed by atoms with Crippen LogP contribution in [0.2, 0.25) is 0 Å². The van der Waals surface area contributed by atoms with E-state index in [0.29, 0.717) is 0 Å². The van der Waals surface area contributed by atoms with Gasteiger partial charge < -0.3 is 9.47 Å². The molecule has 0 radical (unpaired) electrons. The Labute approximate surface area is 92.9 Å². The topological polar surface area (TPSA) is 52.6 Å². The van der Waals surface area contributed by atoms with E-state index < -0.39 is 24.3 Å². The summed E-state index contributed by atoms with van der Waals surface area (Å²) in [5, 5.41) is 0. The Balaban J connectivity index is 3.90. The van der Waals surface area contributed by atoms with E-state index in [1.807, 2.05) is 0 Å². The Morgan fingerprint density at radius 2 is 1.69 bits per heavy atom. The van der Waals surface area contributed by atoms with Gasteiger partial charge in [-0.1, -0.05) is 0 Å². The van der Waals surface area contributed by atoms with Crippen LogP contribution in [0.4, 0.5) is 8.78 Å². The van der Waals surface area contributed by atoms with Gasteiger partial charge in [-0.3, -0.25) is 4.79 Å². The molecule has 0 rings (SSSR count). The van der Waals surface area contributed by atoms with E-state index in [1.165, 1.54) is 6.92 Å². The van der Waals surface area contributed by atoms with Crippen LogP contribution in [0.1, 0.15) is 33.1 Å². The molecule has 0 aromatic rings. The maximum atomic E-state index is 13.0. The molecule has 0 unspecified atom stereocenters. The normalized spacial score (nSPS) is 11.0. The number of alkyl halides is 2. The lowest BCUT2D eigenvalue weighted by atomic mass is 10.1. The van der Waals surface area contributed by atoms with Crippen molar-refractivity contribution in [3.8, 4) is 0 Å². The Hall–Kier alpha value is -1.20. The highest BCUT2D eigenvalue weighted by Gasteiger charge is 2.39. The van der Waals surface area contributed by atoms with Crippen LogP contribution in [-0.4, -0.2) is 31.1 Å². The van der Waals surface area contributed by atoms with Gasteiger partial charge in [-0.15, -0.1) is 0 Å². The number of hydrogen-bond donors (Lipinski definition) is 0. The van der Waals surface area contributed by atoms with Gasteiger partial charge in [-0.2, -0.15) is 8.78 Å². The molecule has 0 aliphatic carbocycles. The largest absolute Gasteiger partial charge is 0.466 e. The molecule has 0 fully saturated rings. The maximum Gasteiger partial charge on any atom is 0.376 e. The zero-order valence-electron chi connectivity index (χ0n) is 9.42. The maximum absolute atomic E-state index is 13.0. The second kappa shape index (κ2) is 7.14. The zero-order valence-corrected chi connectivity index (χ0v) is 9.42. The van der Waals surface area contributed by atoms with Crippen molar-refractivity contribution in [3.63, 3.8) is 0 Å². The average Bonchev–Trinajstić information content (AvgIpc) is 2.18. The van der Waals surface area contributed by atoms with Gasteiger partial charge in [0.1, 0.15) is 0 Å². The molecule has 4 nitrogen and oxygen atoms in total. The Morgan fingerprint density at radius 1 is 1.12 bits per heavy atom. The third kappa shape index (κ3) is 5.63. The molecule has 6 heteroatoms. The fourth-order valence-corrected chi connectivity index (χ4v) is 1.03. The molecule has 94 valence electrons. The lowest BCUT2D eigenvalue weighted by Gasteiger charge is -2.13. The first-order valence-corrected chi connectivity index (χ1v) is 5.14. The van der Waals surface area contributed by atoms with Crippen LogP contribution in [0.15, 0.2) is 0 Å². The molecule has 0 aliphatic heterocycles. The molecule has 0 aromatic heterocycles. The van der Waals surface area contributed by atoms with Crippen molar-refractivity contribution in [3.05, 3.63) is 0 Å². The molecular formula is C10H16F2O4. The standard InChI is InChI=1S/C10H16F2O4/c1-3-15-8(13)6-5-7-10(11,12)9(14)16-4-2/h3-7H2,1-2H3. The van der Waals surface area contributed by atoms with Gasteiger partial charge >= 0.3 is 17.9 Å². The Kier molecular flexibility index (Phi) is 6.60. The molecule has 0 N–H and O–H groups in total. The number of carbonyl (C=O) groups excluding carboxylic acids is 2. The van der Waals surface area contributed by atoms with E-state index in [0.717, 1.165) is 0 Å². The van der Waals surface area contributed by atoms with Gasteiger partial charge in [0.15, 0.2) is 0 Å². The lowest BCUT2D eigenvalue weighted by molar-refractivity contribution is -0.172. The summed E-state index contributed by atoms with van der Waals surface area (Å²) in [7, 11) is 0. The highest BCUT2D eigenvalue weighted by molar-refractivity contribution is 5.77. The Morgan fingerprint density at radius 3 is 2.19 bits per heavy atom. The number of rotatable bonds is 7. The van der Waals surface area contributed by atoms with Gasteiger partial charge in [-0.25, -0.2) is 4.79 Å². The number of esters is 2. The van der Waals surface area contributed by atoms with Crippen molar-refractivity contribution in [2.45, 2.75) is 39.0 Å². The van der Waals surface area contributed by atoms with Crippen molar-refractivity contribution in [2.24, 2.45) is 0 Å². The second-order valence-corrected chi connectivity index (χ2v) is 3.08. The van der Waals surface area contributed by atoms with E-state index in [9.17, 15) is 18.4 Å². The molecule has 0 aromatic carbocycles. The summed E-state index contributed by atoms with van der Waals surface area (Å²) in [5.41, 5.74) is 0. The average molecular weight is 238 g/mol. The van der Waals surface area contributed by atoms with Crippen LogP contribution < -0.4 is 0 Å². The lowest BCUT2D eigenvalue weighted by Crippen LogP contribution is -2.30. The molecule has 0 saturated carbocycles. The summed E-state index contributed by atoms with van der Waals surface area (Å²) in [6, 6.07) is 0. The first-order valence-electron chi connectivity index (χ1n) is 5.14. The van der Waals surface area contributed by atoms with Gasteiger partial charge in [0, 0.05) is 12.8 Å². The molecular weight excluding hydrogens is 222 g/mol. The van der Waals surface area contributed by atoms with Crippen molar-refractivity contribution in [2.75, 3.05) is 13.2 Å². The summed E-state index contributed by atoms with van der Waals surface area (Å²) >= 11 is 0.